The molecule has 2 aromatic rings. The van der Waals surface area contributed by atoms with Crippen molar-refractivity contribution in [3.8, 4) is 0 Å². The zero-order chi connectivity index (χ0) is 27.5. The van der Waals surface area contributed by atoms with Crippen LogP contribution in [0.15, 0.2) is 30.5 Å². The monoisotopic (exact) mass is 534 g/mol. The van der Waals surface area contributed by atoms with Gasteiger partial charge in [-0.15, -0.1) is 0 Å². The molecule has 0 spiro atoms. The van der Waals surface area contributed by atoms with Crippen LogP contribution in [0.3, 0.4) is 0 Å². The van der Waals surface area contributed by atoms with E-state index in [1.165, 1.54) is 0 Å². The largest absolute Gasteiger partial charge is 0.480 e. The Hall–Kier alpha value is -3.09. The van der Waals surface area contributed by atoms with Gasteiger partial charge in [0.1, 0.15) is 18.1 Å². The predicted octanol–water partition coefficient (Wildman–Crippen LogP) is 0.292. The SMILES string of the molecule is CC(C)C(NC(=O)C(Cc1c[nH]c2ccccc12)NC(=O)C(N)CS)C(=O)NC(CCCCN)C(=O)O. The maximum absolute atomic E-state index is 13.4. The summed E-state index contributed by atoms with van der Waals surface area (Å²) in [6, 6.07) is 3.47. The van der Waals surface area contributed by atoms with Gasteiger partial charge in [-0.2, -0.15) is 12.6 Å². The number of carboxylic acids is 1. The van der Waals surface area contributed by atoms with Gasteiger partial charge >= 0.3 is 5.97 Å². The molecule has 1 heterocycles. The average Bonchev–Trinajstić information content (AvgIpc) is 3.27. The minimum atomic E-state index is -1.16. The molecule has 0 aliphatic heterocycles. The van der Waals surface area contributed by atoms with Gasteiger partial charge in [0.05, 0.1) is 6.04 Å². The number of carbonyl (C=O) groups is 4. The number of rotatable bonds is 15. The van der Waals surface area contributed by atoms with Crippen molar-refractivity contribution in [2.45, 2.75) is 63.7 Å². The smallest absolute Gasteiger partial charge is 0.326 e. The fraction of sp³-hybridized carbons (Fsp3) is 0.520. The third-order valence-corrected chi connectivity index (χ3v) is 6.47. The maximum Gasteiger partial charge on any atom is 0.326 e. The summed E-state index contributed by atoms with van der Waals surface area (Å²) < 4.78 is 0. The molecule has 0 bridgehead atoms. The van der Waals surface area contributed by atoms with E-state index in [0.29, 0.717) is 19.4 Å². The number of carboxylic acid groups (broad SMARTS) is 1. The number of nitrogens with two attached hydrogens (primary N) is 2. The van der Waals surface area contributed by atoms with E-state index in [1.54, 1.807) is 20.0 Å². The summed E-state index contributed by atoms with van der Waals surface area (Å²) in [5, 5.41) is 18.3. The van der Waals surface area contributed by atoms with Gasteiger partial charge in [0.15, 0.2) is 0 Å². The maximum atomic E-state index is 13.4. The lowest BCUT2D eigenvalue weighted by molar-refractivity contribution is -0.142. The second-order valence-corrected chi connectivity index (χ2v) is 9.69. The van der Waals surface area contributed by atoms with Crippen LogP contribution in [-0.4, -0.2) is 70.2 Å². The first kappa shape index (κ1) is 30.1. The Morgan fingerprint density at radius 1 is 1.00 bits per heavy atom. The Balaban J connectivity index is 2.23. The third kappa shape index (κ3) is 8.76. The molecule has 12 heteroatoms. The van der Waals surface area contributed by atoms with Crippen LogP contribution in [0.2, 0.25) is 0 Å². The van der Waals surface area contributed by atoms with E-state index >= 15 is 0 Å². The number of para-hydroxylation sites is 1. The van der Waals surface area contributed by atoms with Gasteiger partial charge in [0.2, 0.25) is 17.7 Å². The molecule has 3 amide bonds. The van der Waals surface area contributed by atoms with Crippen LogP contribution < -0.4 is 27.4 Å². The first-order valence-electron chi connectivity index (χ1n) is 12.3. The Morgan fingerprint density at radius 3 is 2.30 bits per heavy atom. The molecule has 204 valence electrons. The molecule has 11 nitrogen and oxygen atoms in total. The predicted molar refractivity (Wildman–Crippen MR) is 145 cm³/mol. The highest BCUT2D eigenvalue weighted by Gasteiger charge is 2.32. The van der Waals surface area contributed by atoms with Crippen molar-refractivity contribution in [3.05, 3.63) is 36.0 Å². The number of unbranched alkanes of at least 4 members (excludes halogenated alkanes) is 1. The first-order chi connectivity index (χ1) is 17.6. The molecule has 2 rings (SSSR count). The Morgan fingerprint density at radius 2 is 1.68 bits per heavy atom. The van der Waals surface area contributed by atoms with E-state index < -0.39 is 47.9 Å². The van der Waals surface area contributed by atoms with Crippen molar-refractivity contribution in [2.75, 3.05) is 12.3 Å². The Bertz CT molecular complexity index is 1070. The normalized spacial score (nSPS) is 14.5. The van der Waals surface area contributed by atoms with E-state index in [2.05, 4.69) is 33.6 Å². The highest BCUT2D eigenvalue weighted by atomic mass is 32.1. The molecule has 4 atom stereocenters. The molecule has 0 aliphatic rings. The summed E-state index contributed by atoms with van der Waals surface area (Å²) in [6.07, 6.45) is 3.30. The van der Waals surface area contributed by atoms with Crippen molar-refractivity contribution < 1.29 is 24.3 Å². The number of hydrogen-bond donors (Lipinski definition) is 8. The van der Waals surface area contributed by atoms with Gasteiger partial charge in [-0.3, -0.25) is 14.4 Å². The lowest BCUT2D eigenvalue weighted by Crippen LogP contribution is -2.59. The summed E-state index contributed by atoms with van der Waals surface area (Å²) in [4.78, 5) is 53.8. The zero-order valence-electron chi connectivity index (χ0n) is 21.2. The molecular formula is C25H38N6O5S. The topological polar surface area (TPSA) is 192 Å². The van der Waals surface area contributed by atoms with Crippen molar-refractivity contribution in [2.24, 2.45) is 17.4 Å². The van der Waals surface area contributed by atoms with E-state index in [4.69, 9.17) is 11.5 Å². The first-order valence-corrected chi connectivity index (χ1v) is 13.0. The van der Waals surface area contributed by atoms with Crippen LogP contribution >= 0.6 is 12.6 Å². The fourth-order valence-electron chi connectivity index (χ4n) is 3.89. The second-order valence-electron chi connectivity index (χ2n) is 9.33. The number of nitrogens with one attached hydrogen (secondary N) is 4. The summed E-state index contributed by atoms with van der Waals surface area (Å²) >= 11 is 4.06. The number of amides is 3. The van der Waals surface area contributed by atoms with Gasteiger partial charge in [0.25, 0.3) is 0 Å². The number of H-pyrrole nitrogens is 1. The van der Waals surface area contributed by atoms with Crippen LogP contribution in [0.5, 0.6) is 0 Å². The van der Waals surface area contributed by atoms with E-state index in [0.717, 1.165) is 16.5 Å². The van der Waals surface area contributed by atoms with Crippen molar-refractivity contribution in [3.63, 3.8) is 0 Å². The number of carbonyl (C=O) groups excluding carboxylic acids is 3. The number of aromatic nitrogens is 1. The molecule has 9 N–H and O–H groups in total. The molecule has 0 fully saturated rings. The second kappa shape index (κ2) is 14.6. The molecule has 37 heavy (non-hydrogen) atoms. The number of benzene rings is 1. The quantitative estimate of drug-likeness (QED) is 0.119. The molecule has 0 radical (unpaired) electrons. The van der Waals surface area contributed by atoms with Gasteiger partial charge in [0, 0.05) is 29.3 Å². The van der Waals surface area contributed by atoms with Crippen molar-refractivity contribution in [1.82, 2.24) is 20.9 Å². The van der Waals surface area contributed by atoms with Gasteiger partial charge in [-0.1, -0.05) is 32.0 Å². The summed E-state index contributed by atoms with van der Waals surface area (Å²) in [6.45, 7) is 3.89. The minimum Gasteiger partial charge on any atom is -0.480 e. The molecule has 1 aromatic heterocycles. The summed E-state index contributed by atoms with van der Waals surface area (Å²) in [7, 11) is 0. The highest BCUT2D eigenvalue weighted by Crippen LogP contribution is 2.19. The number of thiol groups is 1. The molecule has 0 aliphatic carbocycles. The van der Waals surface area contributed by atoms with Crippen LogP contribution in [-0.2, 0) is 25.6 Å². The average molecular weight is 535 g/mol. The van der Waals surface area contributed by atoms with Crippen molar-refractivity contribution >= 4 is 47.2 Å². The van der Waals surface area contributed by atoms with E-state index in [9.17, 15) is 24.3 Å². The van der Waals surface area contributed by atoms with Gasteiger partial charge < -0.3 is 37.5 Å². The molecule has 1 aromatic carbocycles. The molecule has 0 saturated carbocycles. The standard InChI is InChI=1S/C25H38N6O5S/c1-14(2)21(24(34)29-19(25(35)36)9-5-6-10-26)31-23(33)20(30-22(32)17(27)13-37)11-15-12-28-18-8-4-3-7-16(15)18/h3-4,7-8,12,14,17,19-21,28,37H,5-6,9-11,13,26-27H2,1-2H3,(H,29,34)(H,30,32)(H,31,33)(H,35,36). The Labute approximate surface area is 221 Å². The van der Waals surface area contributed by atoms with Crippen LogP contribution in [0.25, 0.3) is 10.9 Å². The number of hydrogen-bond acceptors (Lipinski definition) is 7. The van der Waals surface area contributed by atoms with Gasteiger partial charge in [-0.25, -0.2) is 4.79 Å². The lowest BCUT2D eigenvalue weighted by atomic mass is 9.99. The zero-order valence-corrected chi connectivity index (χ0v) is 22.1. The lowest BCUT2D eigenvalue weighted by Gasteiger charge is -2.27. The van der Waals surface area contributed by atoms with Crippen LogP contribution in [0.1, 0.15) is 38.7 Å². The van der Waals surface area contributed by atoms with Crippen molar-refractivity contribution in [1.29, 1.82) is 0 Å². The van der Waals surface area contributed by atoms with Crippen LogP contribution in [0.4, 0.5) is 0 Å². The number of aliphatic carboxylic acids is 1. The number of fused-ring (bicyclic) bond motifs is 1. The van der Waals surface area contributed by atoms with Gasteiger partial charge in [-0.05, 0) is 43.4 Å². The van der Waals surface area contributed by atoms with Crippen LogP contribution in [0, 0.1) is 5.92 Å². The summed E-state index contributed by atoms with van der Waals surface area (Å²) in [5.74, 6) is -3.19. The van der Waals surface area contributed by atoms with E-state index in [1.807, 2.05) is 24.3 Å². The molecule has 4 unspecified atom stereocenters. The number of aromatic amines is 1. The third-order valence-electron chi connectivity index (χ3n) is 6.07. The van der Waals surface area contributed by atoms with E-state index in [-0.39, 0.29) is 24.5 Å². The molecule has 0 saturated heterocycles. The molecular weight excluding hydrogens is 496 g/mol. The highest BCUT2D eigenvalue weighted by molar-refractivity contribution is 7.80. The summed E-state index contributed by atoms with van der Waals surface area (Å²) in [5.41, 5.74) is 13.0. The Kier molecular flexibility index (Phi) is 11.9. The fourth-order valence-corrected chi connectivity index (χ4v) is 4.06. The minimum absolute atomic E-state index is 0.0883.